The van der Waals surface area contributed by atoms with Crippen molar-refractivity contribution < 1.29 is 0 Å². The van der Waals surface area contributed by atoms with Crippen molar-refractivity contribution in [3.05, 3.63) is 35.0 Å². The van der Waals surface area contributed by atoms with E-state index in [2.05, 4.69) is 35.1 Å². The number of H-pyrrole nitrogens is 1. The number of hydrogen-bond acceptors (Lipinski definition) is 1. The Morgan fingerprint density at radius 2 is 2.29 bits per heavy atom. The lowest BCUT2D eigenvalue weighted by molar-refractivity contribution is 0.957. The van der Waals surface area contributed by atoms with Gasteiger partial charge in [0.25, 0.3) is 0 Å². The fraction of sp³-hybridized carbons (Fsp3) is 0.250. The van der Waals surface area contributed by atoms with Crippen LogP contribution in [0.3, 0.4) is 0 Å². The van der Waals surface area contributed by atoms with Gasteiger partial charge in [-0.05, 0) is 31.0 Å². The van der Waals surface area contributed by atoms with Crippen molar-refractivity contribution in [1.82, 2.24) is 4.98 Å². The number of aromatic amines is 1. The van der Waals surface area contributed by atoms with Crippen LogP contribution in [0.25, 0.3) is 10.9 Å². The average molecular weight is 184 g/mol. The lowest BCUT2D eigenvalue weighted by atomic mass is 10.0. The molecule has 1 aliphatic rings. The first-order valence-corrected chi connectivity index (χ1v) is 4.95. The summed E-state index contributed by atoms with van der Waals surface area (Å²) in [6.45, 7) is 3.06. The summed E-state index contributed by atoms with van der Waals surface area (Å²) in [7, 11) is 0. The van der Waals surface area contributed by atoms with Crippen molar-refractivity contribution in [3.8, 4) is 0 Å². The number of nitrogens with zero attached hydrogens (tertiary/aromatic N) is 1. The summed E-state index contributed by atoms with van der Waals surface area (Å²) in [5, 5.41) is 1.37. The van der Waals surface area contributed by atoms with E-state index >= 15 is 0 Å². The molecule has 0 radical (unpaired) electrons. The van der Waals surface area contributed by atoms with Crippen molar-refractivity contribution in [2.24, 2.45) is 4.99 Å². The first-order valence-electron chi connectivity index (χ1n) is 4.95. The summed E-state index contributed by atoms with van der Waals surface area (Å²) >= 11 is 0. The van der Waals surface area contributed by atoms with Gasteiger partial charge >= 0.3 is 0 Å². The molecule has 1 N–H and O–H groups in total. The summed E-state index contributed by atoms with van der Waals surface area (Å²) in [5.41, 5.74) is 5.17. The number of fused-ring (bicyclic) bond motifs is 3. The lowest BCUT2D eigenvalue weighted by Crippen LogP contribution is -2.00. The molecule has 1 aromatic carbocycles. The third kappa shape index (κ3) is 1.00. The molecule has 0 saturated heterocycles. The van der Waals surface area contributed by atoms with Gasteiger partial charge in [-0.15, -0.1) is 0 Å². The van der Waals surface area contributed by atoms with Gasteiger partial charge in [-0.1, -0.05) is 11.6 Å². The maximum Gasteiger partial charge on any atom is 0.0605 e. The molecule has 70 valence electrons. The normalized spacial score (nSPS) is 14.6. The van der Waals surface area contributed by atoms with Crippen LogP contribution >= 0.6 is 0 Å². The van der Waals surface area contributed by atoms with E-state index in [9.17, 15) is 0 Å². The minimum absolute atomic E-state index is 0.924. The van der Waals surface area contributed by atoms with E-state index in [-0.39, 0.29) is 0 Å². The topological polar surface area (TPSA) is 28.1 Å². The van der Waals surface area contributed by atoms with Crippen LogP contribution in [0.15, 0.2) is 23.2 Å². The van der Waals surface area contributed by atoms with Gasteiger partial charge in [0.1, 0.15) is 0 Å². The molecule has 14 heavy (non-hydrogen) atoms. The molecule has 2 heteroatoms. The SMILES string of the molecule is Cc1ccc2[nH]c3c(c2c1)CCN=C3. The summed E-state index contributed by atoms with van der Waals surface area (Å²) in [4.78, 5) is 7.67. The number of aromatic nitrogens is 1. The van der Waals surface area contributed by atoms with Gasteiger partial charge in [0.2, 0.25) is 0 Å². The second kappa shape index (κ2) is 2.71. The molecule has 3 rings (SSSR count). The van der Waals surface area contributed by atoms with Crippen LogP contribution < -0.4 is 0 Å². The van der Waals surface area contributed by atoms with Gasteiger partial charge in [0, 0.05) is 23.7 Å². The molecule has 1 aliphatic heterocycles. The molecular formula is C12H12N2. The number of aliphatic imine (C=N–C) groups is 1. The third-order valence-corrected chi connectivity index (χ3v) is 2.81. The molecule has 0 spiro atoms. The predicted octanol–water partition coefficient (Wildman–Crippen LogP) is 2.45. The molecule has 1 aromatic heterocycles. The zero-order valence-corrected chi connectivity index (χ0v) is 8.17. The van der Waals surface area contributed by atoms with Crippen LogP contribution in [-0.2, 0) is 6.42 Å². The highest BCUT2D eigenvalue weighted by atomic mass is 14.8. The summed E-state index contributed by atoms with van der Waals surface area (Å²) in [6, 6.07) is 6.54. The Kier molecular flexibility index (Phi) is 1.51. The molecule has 0 saturated carbocycles. The molecule has 0 fully saturated rings. The smallest absolute Gasteiger partial charge is 0.0605 e. The molecular weight excluding hydrogens is 172 g/mol. The Hall–Kier alpha value is -1.57. The van der Waals surface area contributed by atoms with E-state index in [1.54, 1.807) is 0 Å². The van der Waals surface area contributed by atoms with Crippen molar-refractivity contribution in [1.29, 1.82) is 0 Å². The van der Waals surface area contributed by atoms with Crippen LogP contribution in [0.1, 0.15) is 16.8 Å². The first-order chi connectivity index (χ1) is 6.84. The van der Waals surface area contributed by atoms with E-state index in [4.69, 9.17) is 0 Å². The zero-order chi connectivity index (χ0) is 9.54. The second-order valence-electron chi connectivity index (χ2n) is 3.85. The van der Waals surface area contributed by atoms with Crippen LogP contribution in [-0.4, -0.2) is 17.7 Å². The molecule has 0 atom stereocenters. The van der Waals surface area contributed by atoms with Gasteiger partial charge in [0.05, 0.1) is 5.69 Å². The largest absolute Gasteiger partial charge is 0.354 e. The molecule has 0 unspecified atom stereocenters. The van der Waals surface area contributed by atoms with Gasteiger partial charge in [-0.2, -0.15) is 0 Å². The van der Waals surface area contributed by atoms with Gasteiger partial charge in [-0.25, -0.2) is 0 Å². The Morgan fingerprint density at radius 3 is 3.21 bits per heavy atom. The van der Waals surface area contributed by atoms with E-state index in [1.165, 1.54) is 27.7 Å². The molecule has 2 heterocycles. The van der Waals surface area contributed by atoms with Crippen molar-refractivity contribution in [3.63, 3.8) is 0 Å². The predicted molar refractivity (Wildman–Crippen MR) is 59.2 cm³/mol. The van der Waals surface area contributed by atoms with E-state index < -0.39 is 0 Å². The van der Waals surface area contributed by atoms with Gasteiger partial charge in [-0.3, -0.25) is 4.99 Å². The standard InChI is InChI=1S/C12H12N2/c1-8-2-3-11-10(6-8)9-4-5-13-7-12(9)14-11/h2-3,6-7,14H,4-5H2,1H3. The Morgan fingerprint density at radius 1 is 1.36 bits per heavy atom. The number of aryl methyl sites for hydroxylation is 1. The van der Waals surface area contributed by atoms with E-state index in [1.807, 2.05) is 6.21 Å². The molecule has 2 aromatic rings. The van der Waals surface area contributed by atoms with Crippen molar-refractivity contribution in [2.45, 2.75) is 13.3 Å². The number of rotatable bonds is 0. The fourth-order valence-corrected chi connectivity index (χ4v) is 2.09. The fourth-order valence-electron chi connectivity index (χ4n) is 2.09. The summed E-state index contributed by atoms with van der Waals surface area (Å²) in [6.07, 6.45) is 3.02. The van der Waals surface area contributed by atoms with E-state index in [0.717, 1.165) is 13.0 Å². The molecule has 2 nitrogen and oxygen atoms in total. The van der Waals surface area contributed by atoms with Gasteiger partial charge < -0.3 is 4.98 Å². The summed E-state index contributed by atoms with van der Waals surface area (Å²) in [5.74, 6) is 0. The van der Waals surface area contributed by atoms with Crippen molar-refractivity contribution in [2.75, 3.05) is 6.54 Å². The highest BCUT2D eigenvalue weighted by Crippen LogP contribution is 2.24. The number of hydrogen-bond donors (Lipinski definition) is 1. The zero-order valence-electron chi connectivity index (χ0n) is 8.17. The first kappa shape index (κ1) is 7.80. The number of benzene rings is 1. The quantitative estimate of drug-likeness (QED) is 0.651. The lowest BCUT2D eigenvalue weighted by Gasteiger charge is -2.03. The highest BCUT2D eigenvalue weighted by Gasteiger charge is 2.11. The van der Waals surface area contributed by atoms with E-state index in [0.29, 0.717) is 0 Å². The van der Waals surface area contributed by atoms with Crippen LogP contribution in [0, 0.1) is 6.92 Å². The maximum atomic E-state index is 4.28. The van der Waals surface area contributed by atoms with Crippen LogP contribution in [0.2, 0.25) is 0 Å². The molecule has 0 amide bonds. The molecule has 0 aliphatic carbocycles. The maximum absolute atomic E-state index is 4.28. The minimum Gasteiger partial charge on any atom is -0.354 e. The van der Waals surface area contributed by atoms with Gasteiger partial charge in [0.15, 0.2) is 0 Å². The monoisotopic (exact) mass is 184 g/mol. The Labute approximate surface area is 82.7 Å². The second-order valence-corrected chi connectivity index (χ2v) is 3.85. The summed E-state index contributed by atoms with van der Waals surface area (Å²) < 4.78 is 0. The highest BCUT2D eigenvalue weighted by molar-refractivity contribution is 5.94. The van der Waals surface area contributed by atoms with Crippen LogP contribution in [0.5, 0.6) is 0 Å². The number of nitrogens with one attached hydrogen (secondary N) is 1. The molecule has 0 bridgehead atoms. The third-order valence-electron chi connectivity index (χ3n) is 2.81. The van der Waals surface area contributed by atoms with Crippen LogP contribution in [0.4, 0.5) is 0 Å². The average Bonchev–Trinajstić information content (AvgIpc) is 2.56. The van der Waals surface area contributed by atoms with Crippen molar-refractivity contribution >= 4 is 17.1 Å². The Balaban J connectivity index is 2.39. The Bertz CT molecular complexity index is 520. The minimum atomic E-state index is 0.924.